The number of hydrogen-bond donors (Lipinski definition) is 2. The molecule has 146 valence electrons. The lowest BCUT2D eigenvalue weighted by atomic mass is 9.92. The SMILES string of the molecule is O=C(CCC1c2ccccc2-c2ccccc21)N[C@@H](Cc1ccccc1)C(=O)O. The van der Waals surface area contributed by atoms with Gasteiger partial charge in [-0.25, -0.2) is 4.79 Å². The first-order valence-corrected chi connectivity index (χ1v) is 9.88. The fraction of sp³-hybridized carbons (Fsp3) is 0.200. The van der Waals surface area contributed by atoms with E-state index in [0.717, 1.165) is 5.56 Å². The molecule has 2 N–H and O–H groups in total. The minimum absolute atomic E-state index is 0.158. The Morgan fingerprint density at radius 1 is 0.828 bits per heavy atom. The maximum atomic E-state index is 12.6. The number of nitrogens with one attached hydrogen (secondary N) is 1. The van der Waals surface area contributed by atoms with Crippen LogP contribution in [0.3, 0.4) is 0 Å². The van der Waals surface area contributed by atoms with Crippen molar-refractivity contribution in [2.75, 3.05) is 0 Å². The van der Waals surface area contributed by atoms with Gasteiger partial charge in [0.1, 0.15) is 6.04 Å². The topological polar surface area (TPSA) is 66.4 Å². The lowest BCUT2D eigenvalue weighted by molar-refractivity contribution is -0.141. The van der Waals surface area contributed by atoms with Crippen molar-refractivity contribution in [2.24, 2.45) is 0 Å². The number of carboxylic acid groups (broad SMARTS) is 1. The average Bonchev–Trinajstić information content (AvgIpc) is 3.06. The van der Waals surface area contributed by atoms with Crippen molar-refractivity contribution >= 4 is 11.9 Å². The molecule has 1 amide bonds. The summed E-state index contributed by atoms with van der Waals surface area (Å²) in [6, 6.07) is 25.0. The van der Waals surface area contributed by atoms with Crippen LogP contribution in [-0.2, 0) is 16.0 Å². The summed E-state index contributed by atoms with van der Waals surface area (Å²) < 4.78 is 0. The molecule has 0 aromatic heterocycles. The zero-order valence-electron chi connectivity index (χ0n) is 16.0. The van der Waals surface area contributed by atoms with Crippen molar-refractivity contribution in [1.29, 1.82) is 0 Å². The number of aliphatic carboxylic acids is 1. The number of benzene rings is 3. The zero-order chi connectivity index (χ0) is 20.2. The Hall–Kier alpha value is -3.40. The Morgan fingerprint density at radius 2 is 1.38 bits per heavy atom. The molecule has 0 aliphatic heterocycles. The van der Waals surface area contributed by atoms with Gasteiger partial charge in [-0.3, -0.25) is 4.79 Å². The number of carbonyl (C=O) groups excluding carboxylic acids is 1. The summed E-state index contributed by atoms with van der Waals surface area (Å²) in [4.78, 5) is 24.2. The van der Waals surface area contributed by atoms with Gasteiger partial charge < -0.3 is 10.4 Å². The largest absolute Gasteiger partial charge is 0.480 e. The van der Waals surface area contributed by atoms with E-state index in [9.17, 15) is 14.7 Å². The summed E-state index contributed by atoms with van der Waals surface area (Å²) >= 11 is 0. The van der Waals surface area contributed by atoms with Crippen molar-refractivity contribution < 1.29 is 14.7 Å². The number of hydrogen-bond acceptors (Lipinski definition) is 2. The molecule has 1 aliphatic carbocycles. The van der Waals surface area contributed by atoms with Crippen LogP contribution in [0.1, 0.15) is 35.4 Å². The van der Waals surface area contributed by atoms with Crippen LogP contribution in [0.25, 0.3) is 11.1 Å². The normalized spacial score (nSPS) is 13.4. The van der Waals surface area contributed by atoms with Gasteiger partial charge in [-0.1, -0.05) is 78.9 Å². The molecule has 4 nitrogen and oxygen atoms in total. The van der Waals surface area contributed by atoms with E-state index >= 15 is 0 Å². The quantitative estimate of drug-likeness (QED) is 0.634. The summed E-state index contributed by atoms with van der Waals surface area (Å²) in [6.45, 7) is 0. The third-order valence-corrected chi connectivity index (χ3v) is 5.54. The molecular weight excluding hydrogens is 362 g/mol. The number of rotatable bonds is 7. The van der Waals surface area contributed by atoms with Gasteiger partial charge >= 0.3 is 5.97 Å². The van der Waals surface area contributed by atoms with Crippen LogP contribution in [0, 0.1) is 0 Å². The molecule has 0 unspecified atom stereocenters. The third kappa shape index (κ3) is 4.06. The number of carbonyl (C=O) groups is 2. The van der Waals surface area contributed by atoms with Gasteiger partial charge in [-0.05, 0) is 34.2 Å². The smallest absolute Gasteiger partial charge is 0.326 e. The highest BCUT2D eigenvalue weighted by Gasteiger charge is 2.28. The lowest BCUT2D eigenvalue weighted by Gasteiger charge is -2.17. The summed E-state index contributed by atoms with van der Waals surface area (Å²) in [5.41, 5.74) is 5.81. The summed E-state index contributed by atoms with van der Waals surface area (Å²) in [6.07, 6.45) is 1.21. The maximum absolute atomic E-state index is 12.6. The first-order valence-electron chi connectivity index (χ1n) is 9.88. The minimum Gasteiger partial charge on any atom is -0.480 e. The van der Waals surface area contributed by atoms with Gasteiger partial charge in [0.05, 0.1) is 0 Å². The van der Waals surface area contributed by atoms with Crippen molar-refractivity contribution in [3.05, 3.63) is 95.6 Å². The highest BCUT2D eigenvalue weighted by molar-refractivity contribution is 5.84. The van der Waals surface area contributed by atoms with E-state index in [1.807, 2.05) is 54.6 Å². The molecule has 4 heteroatoms. The molecule has 0 radical (unpaired) electrons. The van der Waals surface area contributed by atoms with E-state index in [1.54, 1.807) is 0 Å². The standard InChI is InChI=1S/C25H23NO3/c27-24(26-23(25(28)29)16-17-8-2-1-3-9-17)15-14-22-20-12-6-4-10-18(20)19-11-5-7-13-21(19)22/h1-13,22-23H,14-16H2,(H,26,27)(H,28,29)/t23-/m0/s1. The van der Waals surface area contributed by atoms with E-state index in [2.05, 4.69) is 29.6 Å². The molecule has 0 bridgehead atoms. The monoisotopic (exact) mass is 385 g/mol. The molecule has 0 saturated heterocycles. The van der Waals surface area contributed by atoms with E-state index in [-0.39, 0.29) is 24.7 Å². The summed E-state index contributed by atoms with van der Waals surface area (Å²) in [7, 11) is 0. The molecule has 3 aromatic rings. The predicted molar refractivity (Wildman–Crippen MR) is 113 cm³/mol. The molecular formula is C25H23NO3. The van der Waals surface area contributed by atoms with E-state index in [1.165, 1.54) is 22.3 Å². The Balaban J connectivity index is 1.43. The van der Waals surface area contributed by atoms with Crippen LogP contribution >= 0.6 is 0 Å². The van der Waals surface area contributed by atoms with E-state index in [0.29, 0.717) is 6.42 Å². The van der Waals surface area contributed by atoms with Crippen LogP contribution in [0.2, 0.25) is 0 Å². The Labute approximate surface area is 170 Å². The molecule has 1 aliphatic rings. The fourth-order valence-corrected chi connectivity index (χ4v) is 4.16. The second kappa shape index (κ2) is 8.31. The number of carboxylic acids is 1. The highest BCUT2D eigenvalue weighted by Crippen LogP contribution is 2.46. The van der Waals surface area contributed by atoms with E-state index in [4.69, 9.17) is 0 Å². The summed E-state index contributed by atoms with van der Waals surface area (Å²) in [5.74, 6) is -1.08. The third-order valence-electron chi connectivity index (χ3n) is 5.54. The Morgan fingerprint density at radius 3 is 1.97 bits per heavy atom. The first-order chi connectivity index (χ1) is 14.1. The molecule has 3 aromatic carbocycles. The molecule has 0 saturated carbocycles. The Kier molecular flexibility index (Phi) is 5.43. The van der Waals surface area contributed by atoms with Crippen molar-refractivity contribution in [3.63, 3.8) is 0 Å². The maximum Gasteiger partial charge on any atom is 0.326 e. The molecule has 0 fully saturated rings. The van der Waals surface area contributed by atoms with Crippen LogP contribution in [0.15, 0.2) is 78.9 Å². The molecule has 0 heterocycles. The molecule has 29 heavy (non-hydrogen) atoms. The van der Waals surface area contributed by atoms with Gasteiger partial charge in [-0.15, -0.1) is 0 Å². The van der Waals surface area contributed by atoms with Crippen molar-refractivity contribution in [1.82, 2.24) is 5.32 Å². The van der Waals surface area contributed by atoms with Crippen LogP contribution in [0.5, 0.6) is 0 Å². The second-order valence-electron chi connectivity index (χ2n) is 7.41. The lowest BCUT2D eigenvalue weighted by Crippen LogP contribution is -2.42. The van der Waals surface area contributed by atoms with Crippen molar-refractivity contribution in [3.8, 4) is 11.1 Å². The summed E-state index contributed by atoms with van der Waals surface area (Å²) in [5, 5.41) is 12.2. The van der Waals surface area contributed by atoms with Gasteiger partial charge in [0.25, 0.3) is 0 Å². The van der Waals surface area contributed by atoms with Crippen molar-refractivity contribution in [2.45, 2.75) is 31.2 Å². The average molecular weight is 385 g/mol. The van der Waals surface area contributed by atoms with Gasteiger partial charge in [0.15, 0.2) is 0 Å². The van der Waals surface area contributed by atoms with Gasteiger partial charge in [0, 0.05) is 18.8 Å². The zero-order valence-corrected chi connectivity index (χ0v) is 16.0. The second-order valence-corrected chi connectivity index (χ2v) is 7.41. The minimum atomic E-state index is -1.02. The van der Waals surface area contributed by atoms with E-state index < -0.39 is 12.0 Å². The first kappa shape index (κ1) is 18.9. The van der Waals surface area contributed by atoms with Crippen LogP contribution in [0.4, 0.5) is 0 Å². The Bertz CT molecular complexity index is 984. The predicted octanol–water partition coefficient (Wildman–Crippen LogP) is 4.39. The van der Waals surface area contributed by atoms with Gasteiger partial charge in [0.2, 0.25) is 5.91 Å². The highest BCUT2D eigenvalue weighted by atomic mass is 16.4. The molecule has 0 spiro atoms. The molecule has 1 atom stereocenters. The van der Waals surface area contributed by atoms with Crippen LogP contribution < -0.4 is 5.32 Å². The number of amides is 1. The number of fused-ring (bicyclic) bond motifs is 3. The van der Waals surface area contributed by atoms with Crippen LogP contribution in [-0.4, -0.2) is 23.0 Å². The molecule has 4 rings (SSSR count). The fourth-order valence-electron chi connectivity index (χ4n) is 4.16. The van der Waals surface area contributed by atoms with Gasteiger partial charge in [-0.2, -0.15) is 0 Å².